The van der Waals surface area contributed by atoms with E-state index in [0.717, 1.165) is 11.4 Å². The van der Waals surface area contributed by atoms with Gasteiger partial charge in [-0.2, -0.15) is 5.10 Å². The molecule has 2 rings (SSSR count). The second-order valence-electron chi connectivity index (χ2n) is 4.11. The van der Waals surface area contributed by atoms with Crippen LogP contribution < -0.4 is 10.0 Å². The molecule has 7 heteroatoms. The van der Waals surface area contributed by atoms with Gasteiger partial charge in [0.25, 0.3) is 0 Å². The molecule has 0 aliphatic rings. The summed E-state index contributed by atoms with van der Waals surface area (Å²) in [5.74, 6) is 0. The molecule has 3 N–H and O–H groups in total. The Morgan fingerprint density at radius 2 is 2.11 bits per heavy atom. The Morgan fingerprint density at radius 3 is 2.74 bits per heavy atom. The van der Waals surface area contributed by atoms with Crippen LogP contribution in [-0.4, -0.2) is 25.7 Å². The Labute approximate surface area is 112 Å². The lowest BCUT2D eigenvalue weighted by Crippen LogP contribution is -2.18. The molecule has 102 valence electrons. The number of aromatic nitrogens is 2. The van der Waals surface area contributed by atoms with E-state index in [0.29, 0.717) is 0 Å². The van der Waals surface area contributed by atoms with Crippen molar-refractivity contribution in [1.82, 2.24) is 14.9 Å². The van der Waals surface area contributed by atoms with E-state index >= 15 is 0 Å². The zero-order valence-corrected chi connectivity index (χ0v) is 11.5. The van der Waals surface area contributed by atoms with Crippen molar-refractivity contribution in [3.8, 4) is 0 Å². The molecule has 1 heterocycles. The lowest BCUT2D eigenvalue weighted by Gasteiger charge is -2.14. The molecular formula is C12H16N4O2S. The Morgan fingerprint density at radius 1 is 1.32 bits per heavy atom. The fraction of sp³-hybridized carbons (Fsp3) is 0.250. The summed E-state index contributed by atoms with van der Waals surface area (Å²) in [5, 5.41) is 9.97. The highest BCUT2D eigenvalue weighted by molar-refractivity contribution is 7.89. The number of sulfonamides is 1. The first kappa shape index (κ1) is 13.6. The van der Waals surface area contributed by atoms with Gasteiger partial charge in [-0.25, -0.2) is 13.1 Å². The van der Waals surface area contributed by atoms with Gasteiger partial charge in [0.05, 0.1) is 16.6 Å². The molecular weight excluding hydrogens is 264 g/mol. The fourth-order valence-corrected chi connectivity index (χ4v) is 2.48. The molecule has 0 aliphatic carbocycles. The van der Waals surface area contributed by atoms with Gasteiger partial charge in [0.2, 0.25) is 10.0 Å². The molecule has 0 amide bonds. The van der Waals surface area contributed by atoms with Gasteiger partial charge in [-0.05, 0) is 38.2 Å². The molecule has 0 saturated carbocycles. The van der Waals surface area contributed by atoms with E-state index in [9.17, 15) is 8.42 Å². The van der Waals surface area contributed by atoms with Crippen molar-refractivity contribution in [2.24, 2.45) is 0 Å². The van der Waals surface area contributed by atoms with Crippen LogP contribution in [0, 0.1) is 0 Å². The molecule has 1 aromatic carbocycles. The minimum absolute atomic E-state index is 0.00930. The molecule has 19 heavy (non-hydrogen) atoms. The normalized spacial score (nSPS) is 13.2. The number of hydrogen-bond acceptors (Lipinski definition) is 4. The number of benzene rings is 1. The minimum atomic E-state index is -3.42. The average Bonchev–Trinajstić information content (AvgIpc) is 2.93. The van der Waals surface area contributed by atoms with Crippen LogP contribution in [0.15, 0.2) is 41.4 Å². The van der Waals surface area contributed by atoms with Crippen molar-refractivity contribution >= 4 is 15.7 Å². The Hall–Kier alpha value is -1.86. The summed E-state index contributed by atoms with van der Waals surface area (Å²) in [4.78, 5) is 0.233. The largest absolute Gasteiger partial charge is 0.377 e. The fourth-order valence-electron chi connectivity index (χ4n) is 1.71. The number of nitrogens with zero attached hydrogens (tertiary/aromatic N) is 1. The zero-order valence-electron chi connectivity index (χ0n) is 10.7. The molecule has 0 fully saturated rings. The molecule has 0 aliphatic heterocycles. The van der Waals surface area contributed by atoms with E-state index in [4.69, 9.17) is 0 Å². The molecule has 1 unspecified atom stereocenters. The Balaban J connectivity index is 2.20. The molecule has 0 radical (unpaired) electrons. The first-order valence-corrected chi connectivity index (χ1v) is 7.30. The summed E-state index contributed by atoms with van der Waals surface area (Å²) in [5.41, 5.74) is 1.67. The summed E-state index contributed by atoms with van der Waals surface area (Å²) in [7, 11) is -2.03. The summed E-state index contributed by atoms with van der Waals surface area (Å²) < 4.78 is 25.7. The maximum Gasteiger partial charge on any atom is 0.240 e. The third-order valence-electron chi connectivity index (χ3n) is 2.79. The lowest BCUT2D eigenvalue weighted by molar-refractivity contribution is 0.588. The number of hydrogen-bond donors (Lipinski definition) is 3. The molecule has 1 aromatic heterocycles. The second kappa shape index (κ2) is 5.41. The molecule has 6 nitrogen and oxygen atoms in total. The summed E-state index contributed by atoms with van der Waals surface area (Å²) in [6.07, 6.45) is 1.68. The minimum Gasteiger partial charge on any atom is -0.377 e. The van der Waals surface area contributed by atoms with Crippen molar-refractivity contribution < 1.29 is 8.42 Å². The third-order valence-corrected chi connectivity index (χ3v) is 4.20. The summed E-state index contributed by atoms with van der Waals surface area (Å²) >= 11 is 0. The topological polar surface area (TPSA) is 86.9 Å². The third kappa shape index (κ3) is 3.12. The van der Waals surface area contributed by atoms with Crippen LogP contribution in [0.2, 0.25) is 0 Å². The molecule has 1 atom stereocenters. The number of aromatic amines is 1. The maximum atomic E-state index is 11.7. The Kier molecular flexibility index (Phi) is 3.87. The van der Waals surface area contributed by atoms with Gasteiger partial charge >= 0.3 is 0 Å². The van der Waals surface area contributed by atoms with Gasteiger partial charge in [-0.3, -0.25) is 5.10 Å². The first-order valence-electron chi connectivity index (χ1n) is 5.82. The van der Waals surface area contributed by atoms with Gasteiger partial charge in [0, 0.05) is 11.9 Å². The van der Waals surface area contributed by atoms with E-state index in [2.05, 4.69) is 20.2 Å². The van der Waals surface area contributed by atoms with Crippen LogP contribution in [-0.2, 0) is 10.0 Å². The van der Waals surface area contributed by atoms with Crippen LogP contribution in [0.3, 0.4) is 0 Å². The van der Waals surface area contributed by atoms with Crippen molar-refractivity contribution in [1.29, 1.82) is 0 Å². The average molecular weight is 280 g/mol. The maximum absolute atomic E-state index is 11.7. The summed E-state index contributed by atoms with van der Waals surface area (Å²) in [6.45, 7) is 1.97. The van der Waals surface area contributed by atoms with Crippen molar-refractivity contribution in [2.45, 2.75) is 17.9 Å². The highest BCUT2D eigenvalue weighted by Gasteiger charge is 2.12. The molecule has 0 bridgehead atoms. The summed E-state index contributed by atoms with van der Waals surface area (Å²) in [6, 6.07) is 8.55. The first-order chi connectivity index (χ1) is 9.03. The van der Waals surface area contributed by atoms with Crippen molar-refractivity contribution in [2.75, 3.05) is 12.4 Å². The van der Waals surface area contributed by atoms with Gasteiger partial charge in [0.15, 0.2) is 0 Å². The van der Waals surface area contributed by atoms with E-state index in [1.807, 2.05) is 19.1 Å². The number of rotatable bonds is 5. The van der Waals surface area contributed by atoms with E-state index < -0.39 is 10.0 Å². The standard InChI is InChI=1S/C12H16N4O2S/c1-9(12-6-7-14-16-12)15-10-4-3-5-11(8-10)19(17,18)13-2/h3-9,13,15H,1-2H3,(H,14,16). The molecule has 0 spiro atoms. The highest BCUT2D eigenvalue weighted by atomic mass is 32.2. The predicted molar refractivity (Wildman–Crippen MR) is 73.3 cm³/mol. The van der Waals surface area contributed by atoms with Gasteiger partial charge in [0.1, 0.15) is 0 Å². The van der Waals surface area contributed by atoms with Gasteiger partial charge in [-0.15, -0.1) is 0 Å². The smallest absolute Gasteiger partial charge is 0.240 e. The van der Waals surface area contributed by atoms with Crippen LogP contribution in [0.25, 0.3) is 0 Å². The quantitative estimate of drug-likeness (QED) is 0.774. The molecule has 0 saturated heterocycles. The van der Waals surface area contributed by atoms with Crippen LogP contribution >= 0.6 is 0 Å². The van der Waals surface area contributed by atoms with Crippen LogP contribution in [0.1, 0.15) is 18.7 Å². The van der Waals surface area contributed by atoms with Crippen LogP contribution in [0.4, 0.5) is 5.69 Å². The number of H-pyrrole nitrogens is 1. The predicted octanol–water partition coefficient (Wildman–Crippen LogP) is 1.49. The zero-order chi connectivity index (χ0) is 13.9. The van der Waals surface area contributed by atoms with E-state index in [1.54, 1.807) is 24.4 Å². The molecule has 2 aromatic rings. The SMILES string of the molecule is CNS(=O)(=O)c1cccc(NC(C)c2ccn[nH]2)c1. The Bertz CT molecular complexity index is 638. The number of nitrogens with one attached hydrogen (secondary N) is 3. The van der Waals surface area contributed by atoms with Gasteiger partial charge in [-0.1, -0.05) is 6.07 Å². The van der Waals surface area contributed by atoms with Crippen molar-refractivity contribution in [3.05, 3.63) is 42.2 Å². The second-order valence-corrected chi connectivity index (χ2v) is 6.00. The lowest BCUT2D eigenvalue weighted by atomic mass is 10.2. The van der Waals surface area contributed by atoms with Crippen LogP contribution in [0.5, 0.6) is 0 Å². The van der Waals surface area contributed by atoms with Crippen molar-refractivity contribution in [3.63, 3.8) is 0 Å². The van der Waals surface area contributed by atoms with E-state index in [1.165, 1.54) is 7.05 Å². The van der Waals surface area contributed by atoms with E-state index in [-0.39, 0.29) is 10.9 Å². The van der Waals surface area contributed by atoms with Gasteiger partial charge < -0.3 is 5.32 Å². The monoisotopic (exact) mass is 280 g/mol. The highest BCUT2D eigenvalue weighted by Crippen LogP contribution is 2.20. The number of anilines is 1.